The summed E-state index contributed by atoms with van der Waals surface area (Å²) in [7, 11) is 0. The average molecular weight is 314 g/mol. The van der Waals surface area contributed by atoms with Crippen molar-refractivity contribution < 1.29 is 0 Å². The zero-order valence-corrected chi connectivity index (χ0v) is 11.9. The Balaban J connectivity index is 2.07. The van der Waals surface area contributed by atoms with Gasteiger partial charge in [-0.15, -0.1) is 0 Å². The van der Waals surface area contributed by atoms with Crippen LogP contribution in [0.3, 0.4) is 0 Å². The second-order valence-corrected chi connectivity index (χ2v) is 5.84. The number of hydrogen-bond donors (Lipinski definition) is 1. The Hall–Kier alpha value is -2.03. The first-order chi connectivity index (χ1) is 9.34. The van der Waals surface area contributed by atoms with Gasteiger partial charge < -0.3 is 0 Å². The van der Waals surface area contributed by atoms with Gasteiger partial charge in [-0.25, -0.2) is 0 Å². The third-order valence-electron chi connectivity index (χ3n) is 2.79. The predicted molar refractivity (Wildman–Crippen MR) is 78.6 cm³/mol. The van der Waals surface area contributed by atoms with Crippen molar-refractivity contribution in [2.24, 2.45) is 4.99 Å². The first-order valence-electron chi connectivity index (χ1n) is 5.95. The fourth-order valence-electron chi connectivity index (χ4n) is 1.83. The molecule has 94 valence electrons. The summed E-state index contributed by atoms with van der Waals surface area (Å²) in [5.41, 5.74) is 3.11. The number of benzene rings is 2. The molecule has 2 N–H and O–H groups in total. The molecule has 0 aliphatic carbocycles. The Morgan fingerprint density at radius 2 is 1.53 bits per heavy atom. The van der Waals surface area contributed by atoms with Crippen molar-refractivity contribution in [1.82, 2.24) is 4.68 Å². The summed E-state index contributed by atoms with van der Waals surface area (Å²) < 4.78 is 2.63. The molecular weight excluding hydrogens is 301 g/mol. The van der Waals surface area contributed by atoms with Crippen molar-refractivity contribution >= 4 is 20.2 Å². The van der Waals surface area contributed by atoms with Crippen LogP contribution in [0.5, 0.6) is 0 Å². The normalized spacial score (nSPS) is 11.7. The van der Waals surface area contributed by atoms with E-state index >= 15 is 0 Å². The predicted octanol–water partition coefficient (Wildman–Crippen LogP) is 2.16. The van der Waals surface area contributed by atoms with Crippen LogP contribution in [-0.2, 0) is 0 Å². The molecule has 19 heavy (non-hydrogen) atoms. The van der Waals surface area contributed by atoms with E-state index in [1.807, 2.05) is 48.5 Å². The molecule has 0 spiro atoms. The van der Waals surface area contributed by atoms with Gasteiger partial charge in [0.2, 0.25) is 0 Å². The van der Waals surface area contributed by atoms with Crippen LogP contribution in [0.25, 0.3) is 11.3 Å². The molecule has 3 aromatic rings. The number of nitrogen functional groups attached to an aromatic ring is 1. The third-order valence-corrected chi connectivity index (χ3v) is 4.55. The molecule has 0 unspecified atom stereocenters. The second kappa shape index (κ2) is 5.31. The van der Waals surface area contributed by atoms with E-state index in [1.54, 1.807) is 4.68 Å². The van der Waals surface area contributed by atoms with Crippen LogP contribution in [0.4, 0.5) is 5.69 Å². The van der Waals surface area contributed by atoms with Crippen LogP contribution in [0.2, 0.25) is 0 Å². The Labute approximate surface area is 117 Å². The molecule has 0 saturated carbocycles. The molecule has 1 aromatic heterocycles. The minimum absolute atomic E-state index is 0.176. The minimum atomic E-state index is 0.176. The fraction of sp³-hybridized carbons (Fsp3) is 0. The van der Waals surface area contributed by atoms with Gasteiger partial charge in [-0.05, 0) is 0 Å². The number of rotatable bonds is 2. The molecule has 0 fully saturated rings. The van der Waals surface area contributed by atoms with Crippen molar-refractivity contribution in [2.75, 3.05) is 5.84 Å². The summed E-state index contributed by atoms with van der Waals surface area (Å²) in [5.74, 6) is 6.15. The topological polar surface area (TPSA) is 43.3 Å². The average Bonchev–Trinajstić information content (AvgIpc) is 2.82. The van der Waals surface area contributed by atoms with E-state index in [-0.39, 0.29) is 14.5 Å². The van der Waals surface area contributed by atoms with Crippen molar-refractivity contribution in [1.29, 1.82) is 0 Å². The Bertz CT molecular complexity index is 727. The fourth-order valence-corrected chi connectivity index (χ4v) is 3.59. The zero-order chi connectivity index (χ0) is 13.1. The molecule has 3 nitrogen and oxygen atoms in total. The molecule has 2 aromatic carbocycles. The Morgan fingerprint density at radius 3 is 2.21 bits per heavy atom. The van der Waals surface area contributed by atoms with Gasteiger partial charge in [0.1, 0.15) is 0 Å². The monoisotopic (exact) mass is 315 g/mol. The van der Waals surface area contributed by atoms with E-state index in [9.17, 15) is 0 Å². The molecular formula is C15H13N3Se. The van der Waals surface area contributed by atoms with Gasteiger partial charge in [0.25, 0.3) is 0 Å². The van der Waals surface area contributed by atoms with E-state index in [2.05, 4.69) is 22.1 Å². The number of hydrogen-bond acceptors (Lipinski definition) is 2. The maximum absolute atomic E-state index is 6.15. The Morgan fingerprint density at radius 1 is 0.895 bits per heavy atom. The van der Waals surface area contributed by atoms with Crippen LogP contribution in [0.1, 0.15) is 0 Å². The van der Waals surface area contributed by atoms with Crippen molar-refractivity contribution in [3.05, 3.63) is 70.0 Å². The van der Waals surface area contributed by atoms with E-state index in [1.165, 1.54) is 0 Å². The van der Waals surface area contributed by atoms with Gasteiger partial charge >= 0.3 is 117 Å². The number of aromatic nitrogens is 1. The third kappa shape index (κ3) is 2.55. The number of para-hydroxylation sites is 1. The van der Waals surface area contributed by atoms with Gasteiger partial charge in [-0.1, -0.05) is 0 Å². The summed E-state index contributed by atoms with van der Waals surface area (Å²) >= 11 is 0.176. The standard InChI is InChI=1S/C15H13N3Se/c16-18-14(12-7-3-1-4-8-12)11-19-15(18)17-13-9-5-2-6-10-13/h1-11H,16H2. The van der Waals surface area contributed by atoms with Crippen LogP contribution in [0.15, 0.2) is 70.6 Å². The molecule has 1 heterocycles. The number of nitrogens with zero attached hydrogens (tertiary/aromatic N) is 2. The second-order valence-electron chi connectivity index (χ2n) is 4.09. The molecule has 4 heteroatoms. The van der Waals surface area contributed by atoms with Gasteiger partial charge in [0.05, 0.1) is 0 Å². The van der Waals surface area contributed by atoms with Crippen LogP contribution >= 0.6 is 0 Å². The van der Waals surface area contributed by atoms with Crippen LogP contribution in [0, 0.1) is 0 Å². The quantitative estimate of drug-likeness (QED) is 0.572. The Kier molecular flexibility index (Phi) is 3.36. The van der Waals surface area contributed by atoms with Gasteiger partial charge in [0.15, 0.2) is 0 Å². The van der Waals surface area contributed by atoms with Crippen molar-refractivity contribution in [3.8, 4) is 11.3 Å². The van der Waals surface area contributed by atoms with E-state index < -0.39 is 0 Å². The van der Waals surface area contributed by atoms with Gasteiger partial charge in [-0.2, -0.15) is 0 Å². The van der Waals surface area contributed by atoms with E-state index in [0.29, 0.717) is 0 Å². The molecule has 0 bridgehead atoms. The van der Waals surface area contributed by atoms with E-state index in [4.69, 9.17) is 5.84 Å². The summed E-state index contributed by atoms with van der Waals surface area (Å²) in [5, 5.41) is 0. The summed E-state index contributed by atoms with van der Waals surface area (Å²) in [6.45, 7) is 0. The zero-order valence-electron chi connectivity index (χ0n) is 10.2. The first kappa shape index (κ1) is 12.0. The van der Waals surface area contributed by atoms with E-state index in [0.717, 1.165) is 21.3 Å². The van der Waals surface area contributed by atoms with Crippen LogP contribution in [-0.4, -0.2) is 19.2 Å². The summed E-state index contributed by atoms with van der Waals surface area (Å²) in [6.07, 6.45) is 0. The van der Waals surface area contributed by atoms with Gasteiger partial charge in [-0.3, -0.25) is 0 Å². The van der Waals surface area contributed by atoms with Gasteiger partial charge in [0, 0.05) is 0 Å². The molecule has 0 aliphatic heterocycles. The molecule has 0 saturated heterocycles. The summed E-state index contributed by atoms with van der Waals surface area (Å²) in [4.78, 5) is 6.78. The molecule has 0 aliphatic rings. The molecule has 0 atom stereocenters. The van der Waals surface area contributed by atoms with Crippen LogP contribution < -0.4 is 10.2 Å². The summed E-state index contributed by atoms with van der Waals surface area (Å²) in [6, 6.07) is 20.1. The van der Waals surface area contributed by atoms with Crippen molar-refractivity contribution in [2.45, 2.75) is 0 Å². The number of nitrogens with two attached hydrogens (primary N) is 1. The SMILES string of the molecule is Nn1c(-c2ccccc2)c[se]c1=Nc1ccccc1. The molecule has 3 rings (SSSR count). The van der Waals surface area contributed by atoms with Crippen molar-refractivity contribution in [3.63, 3.8) is 0 Å². The molecule has 0 amide bonds. The first-order valence-corrected chi connectivity index (χ1v) is 7.80. The molecule has 0 radical (unpaired) electrons. The maximum atomic E-state index is 6.15.